The number of benzene rings is 2. The maximum absolute atomic E-state index is 12.2. The highest BCUT2D eigenvalue weighted by Gasteiger charge is 2.35. The van der Waals surface area contributed by atoms with Gasteiger partial charge in [0.25, 0.3) is 17.7 Å². The van der Waals surface area contributed by atoms with Gasteiger partial charge in [-0.25, -0.2) is 4.79 Å². The van der Waals surface area contributed by atoms with Crippen molar-refractivity contribution < 1.29 is 28.7 Å². The monoisotopic (exact) mass is 423 g/mol. The number of carbonyl (C=O) groups excluding carboxylic acids is 5. The molecule has 160 valence electrons. The van der Waals surface area contributed by atoms with E-state index >= 15 is 0 Å². The lowest BCUT2D eigenvalue weighted by Crippen LogP contribution is -2.37. The summed E-state index contributed by atoms with van der Waals surface area (Å²) < 4.78 is 4.82. The van der Waals surface area contributed by atoms with Crippen LogP contribution in [0.2, 0.25) is 0 Å². The van der Waals surface area contributed by atoms with Gasteiger partial charge in [0, 0.05) is 12.2 Å². The van der Waals surface area contributed by atoms with Crippen LogP contribution in [-0.2, 0) is 14.3 Å². The number of anilines is 1. The molecular formula is C22H21N3O6. The minimum absolute atomic E-state index is 0.167. The molecule has 0 aliphatic carbocycles. The molecule has 2 aromatic rings. The summed E-state index contributed by atoms with van der Waals surface area (Å²) in [4.78, 5) is 61.0. The Morgan fingerprint density at radius 3 is 2.19 bits per heavy atom. The summed E-state index contributed by atoms with van der Waals surface area (Å²) in [5.41, 5.74) is 3.14. The molecule has 9 heteroatoms. The normalized spacial score (nSPS) is 12.4. The molecule has 0 aromatic heterocycles. The van der Waals surface area contributed by atoms with Gasteiger partial charge in [0.2, 0.25) is 0 Å². The fraction of sp³-hybridized carbons (Fsp3) is 0.227. The molecule has 2 N–H and O–H groups in total. The Morgan fingerprint density at radius 2 is 1.58 bits per heavy atom. The number of rotatable bonds is 6. The van der Waals surface area contributed by atoms with Crippen molar-refractivity contribution in [3.63, 3.8) is 0 Å². The zero-order valence-electron chi connectivity index (χ0n) is 17.1. The highest BCUT2D eigenvalue weighted by molar-refractivity contribution is 6.21. The lowest BCUT2D eigenvalue weighted by Gasteiger charge is -2.13. The molecule has 0 spiro atoms. The van der Waals surface area contributed by atoms with Crippen LogP contribution >= 0.6 is 0 Å². The quantitative estimate of drug-likeness (QED) is 0.543. The van der Waals surface area contributed by atoms with Crippen LogP contribution in [0.25, 0.3) is 0 Å². The number of imide groups is 2. The standard InChI is InChI=1S/C22H21N3O6/c1-13-7-8-15(11-14(13)2)23-22(30)24-18(26)12-31-19(27)9-10-25-20(28)16-5-3-4-6-17(16)21(25)29/h3-8,11H,9-10,12H2,1-2H3,(H2,23,24,26,30). The van der Waals surface area contributed by atoms with Crippen LogP contribution in [0.3, 0.4) is 0 Å². The summed E-state index contributed by atoms with van der Waals surface area (Å²) in [6, 6.07) is 10.9. The number of amides is 5. The maximum Gasteiger partial charge on any atom is 0.325 e. The first kappa shape index (κ1) is 21.7. The van der Waals surface area contributed by atoms with E-state index in [2.05, 4.69) is 10.6 Å². The van der Waals surface area contributed by atoms with E-state index in [9.17, 15) is 24.0 Å². The van der Waals surface area contributed by atoms with E-state index in [0.717, 1.165) is 16.0 Å². The van der Waals surface area contributed by atoms with Crippen molar-refractivity contribution in [2.24, 2.45) is 0 Å². The fourth-order valence-electron chi connectivity index (χ4n) is 3.01. The van der Waals surface area contributed by atoms with Gasteiger partial charge in [-0.1, -0.05) is 18.2 Å². The average Bonchev–Trinajstić information content (AvgIpc) is 2.98. The Hall–Kier alpha value is -4.01. The lowest BCUT2D eigenvalue weighted by molar-refractivity contribution is -0.148. The molecule has 1 aliphatic rings. The topological polar surface area (TPSA) is 122 Å². The lowest BCUT2D eigenvalue weighted by atomic mass is 10.1. The highest BCUT2D eigenvalue weighted by Crippen LogP contribution is 2.22. The second kappa shape index (κ2) is 9.21. The number of esters is 1. The number of carbonyl (C=O) groups is 5. The third-order valence-corrected chi connectivity index (χ3v) is 4.80. The van der Waals surface area contributed by atoms with E-state index in [4.69, 9.17) is 4.74 Å². The van der Waals surface area contributed by atoms with E-state index in [1.807, 2.05) is 19.9 Å². The van der Waals surface area contributed by atoms with Gasteiger partial charge in [0.1, 0.15) is 0 Å². The molecule has 0 atom stereocenters. The number of fused-ring (bicyclic) bond motifs is 1. The smallest absolute Gasteiger partial charge is 0.325 e. The number of nitrogens with one attached hydrogen (secondary N) is 2. The molecule has 0 bridgehead atoms. The first-order valence-electron chi connectivity index (χ1n) is 9.55. The van der Waals surface area contributed by atoms with E-state index < -0.39 is 36.3 Å². The summed E-state index contributed by atoms with van der Waals surface area (Å²) >= 11 is 0. The van der Waals surface area contributed by atoms with Crippen LogP contribution < -0.4 is 10.6 Å². The number of hydrogen-bond acceptors (Lipinski definition) is 6. The van der Waals surface area contributed by atoms with Crippen LogP contribution in [0.4, 0.5) is 10.5 Å². The molecule has 0 fully saturated rings. The zero-order chi connectivity index (χ0) is 22.5. The molecule has 2 aromatic carbocycles. The Balaban J connectivity index is 1.41. The third kappa shape index (κ3) is 5.13. The second-order valence-electron chi connectivity index (χ2n) is 7.02. The van der Waals surface area contributed by atoms with Crippen molar-refractivity contribution in [3.05, 3.63) is 64.7 Å². The average molecular weight is 423 g/mol. The molecule has 9 nitrogen and oxygen atoms in total. The first-order valence-corrected chi connectivity index (χ1v) is 9.55. The molecule has 0 unspecified atom stereocenters. The van der Waals surface area contributed by atoms with E-state index in [1.165, 1.54) is 0 Å². The highest BCUT2D eigenvalue weighted by atomic mass is 16.5. The predicted octanol–water partition coefficient (Wildman–Crippen LogP) is 2.18. The van der Waals surface area contributed by atoms with Crippen LogP contribution in [0.1, 0.15) is 38.3 Å². The number of ether oxygens (including phenoxy) is 1. The van der Waals surface area contributed by atoms with Crippen LogP contribution in [0.15, 0.2) is 42.5 Å². The minimum Gasteiger partial charge on any atom is -0.456 e. The van der Waals surface area contributed by atoms with Crippen molar-refractivity contribution in [1.82, 2.24) is 10.2 Å². The molecule has 3 rings (SSSR count). The van der Waals surface area contributed by atoms with Gasteiger partial charge < -0.3 is 10.1 Å². The number of hydrogen-bond donors (Lipinski definition) is 2. The van der Waals surface area contributed by atoms with Crippen molar-refractivity contribution in [3.8, 4) is 0 Å². The van der Waals surface area contributed by atoms with Crippen LogP contribution in [0.5, 0.6) is 0 Å². The summed E-state index contributed by atoms with van der Waals surface area (Å²) in [7, 11) is 0. The van der Waals surface area contributed by atoms with Crippen molar-refractivity contribution in [1.29, 1.82) is 0 Å². The minimum atomic E-state index is -0.810. The van der Waals surface area contributed by atoms with Gasteiger partial charge in [0.05, 0.1) is 17.5 Å². The second-order valence-corrected chi connectivity index (χ2v) is 7.02. The Kier molecular flexibility index (Phi) is 6.44. The SMILES string of the molecule is Cc1ccc(NC(=O)NC(=O)COC(=O)CCN2C(=O)c3ccccc3C2=O)cc1C. The van der Waals surface area contributed by atoms with Crippen molar-refractivity contribution in [2.45, 2.75) is 20.3 Å². The summed E-state index contributed by atoms with van der Waals surface area (Å²) in [5.74, 6) is -2.54. The van der Waals surface area contributed by atoms with E-state index in [1.54, 1.807) is 36.4 Å². The van der Waals surface area contributed by atoms with E-state index in [-0.39, 0.29) is 24.1 Å². The molecule has 0 radical (unpaired) electrons. The molecule has 1 aliphatic heterocycles. The van der Waals surface area contributed by atoms with E-state index in [0.29, 0.717) is 5.69 Å². The van der Waals surface area contributed by atoms with Crippen molar-refractivity contribution in [2.75, 3.05) is 18.5 Å². The largest absolute Gasteiger partial charge is 0.456 e. The number of nitrogens with zero attached hydrogens (tertiary/aromatic N) is 1. The Bertz CT molecular complexity index is 1040. The van der Waals surface area contributed by atoms with Gasteiger partial charge in [-0.05, 0) is 49.2 Å². The van der Waals surface area contributed by atoms with Crippen molar-refractivity contribution >= 4 is 35.4 Å². The molecule has 5 amide bonds. The van der Waals surface area contributed by atoms with Crippen LogP contribution in [0, 0.1) is 13.8 Å². The number of urea groups is 1. The van der Waals surface area contributed by atoms with Crippen LogP contribution in [-0.4, -0.2) is 47.8 Å². The summed E-state index contributed by atoms with van der Waals surface area (Å²) in [6.07, 6.45) is -0.270. The maximum atomic E-state index is 12.2. The van der Waals surface area contributed by atoms with Gasteiger partial charge in [-0.2, -0.15) is 0 Å². The Labute approximate surface area is 178 Å². The first-order chi connectivity index (χ1) is 14.8. The van der Waals surface area contributed by atoms with Gasteiger partial charge >= 0.3 is 12.0 Å². The number of aryl methyl sites for hydroxylation is 2. The molecule has 0 saturated heterocycles. The zero-order valence-corrected chi connectivity index (χ0v) is 17.1. The summed E-state index contributed by atoms with van der Waals surface area (Å²) in [5, 5.41) is 4.57. The fourth-order valence-corrected chi connectivity index (χ4v) is 3.01. The molecule has 1 heterocycles. The molecule has 31 heavy (non-hydrogen) atoms. The predicted molar refractivity (Wildman–Crippen MR) is 110 cm³/mol. The summed E-state index contributed by atoms with van der Waals surface area (Å²) in [6.45, 7) is 3.00. The molecule has 0 saturated carbocycles. The third-order valence-electron chi connectivity index (χ3n) is 4.80. The Morgan fingerprint density at radius 1 is 0.935 bits per heavy atom. The molecular weight excluding hydrogens is 402 g/mol. The van der Waals surface area contributed by atoms with Gasteiger partial charge in [0.15, 0.2) is 6.61 Å². The van der Waals surface area contributed by atoms with Gasteiger partial charge in [-0.3, -0.25) is 29.4 Å². The van der Waals surface area contributed by atoms with Gasteiger partial charge in [-0.15, -0.1) is 0 Å².